The summed E-state index contributed by atoms with van der Waals surface area (Å²) in [4.78, 5) is 8.95. The molecule has 4 rings (SSSR count). The number of benzene rings is 2. The molecule has 0 amide bonds. The van der Waals surface area contributed by atoms with Gasteiger partial charge in [-0.2, -0.15) is 0 Å². The fourth-order valence-corrected chi connectivity index (χ4v) is 5.48. The molecule has 3 heteroatoms. The van der Waals surface area contributed by atoms with Gasteiger partial charge in [0.1, 0.15) is 5.75 Å². The summed E-state index contributed by atoms with van der Waals surface area (Å²) >= 11 is 0. The van der Waals surface area contributed by atoms with Gasteiger partial charge in [0.2, 0.25) is 0 Å². The van der Waals surface area contributed by atoms with Gasteiger partial charge in [0.15, 0.2) is 0 Å². The van der Waals surface area contributed by atoms with E-state index in [1.54, 1.807) is 13.2 Å². The van der Waals surface area contributed by atoms with Gasteiger partial charge in [-0.05, 0) is 93.0 Å². The molecule has 0 radical (unpaired) electrons. The molecule has 2 atom stereocenters. The van der Waals surface area contributed by atoms with E-state index in [1.165, 1.54) is 68.8 Å². The first-order valence-corrected chi connectivity index (χ1v) is 13.2. The predicted octanol–water partition coefficient (Wildman–Crippen LogP) is 9.42. The monoisotopic (exact) mass is 506 g/mol. The Morgan fingerprint density at radius 1 is 1.05 bits per heavy atom. The minimum absolute atomic E-state index is 0. The maximum atomic E-state index is 8.95. The molecule has 1 spiro atoms. The Balaban J connectivity index is 0. The fraction of sp³-hybridized carbons (Fsp3) is 0.412. The van der Waals surface area contributed by atoms with Crippen molar-refractivity contribution in [1.82, 2.24) is 0 Å². The molecule has 2 aromatic carbocycles. The van der Waals surface area contributed by atoms with Crippen molar-refractivity contribution >= 4 is 12.5 Å². The topological polar surface area (TPSA) is 35.5 Å². The van der Waals surface area contributed by atoms with Crippen LogP contribution in [0.15, 0.2) is 85.1 Å². The van der Waals surface area contributed by atoms with E-state index in [9.17, 15) is 0 Å². The molecule has 0 N–H and O–H groups in total. The van der Waals surface area contributed by atoms with Crippen LogP contribution in [0.2, 0.25) is 0 Å². The van der Waals surface area contributed by atoms with Crippen LogP contribution in [0, 0.1) is 17.8 Å². The third-order valence-electron chi connectivity index (χ3n) is 7.73. The summed E-state index contributed by atoms with van der Waals surface area (Å²) in [5.74, 6) is 0.880. The molecule has 0 aliphatic heterocycles. The highest BCUT2D eigenvalue weighted by Gasteiger charge is 2.47. The summed E-state index contributed by atoms with van der Waals surface area (Å²) in [6.45, 7) is 12.4. The quantitative estimate of drug-likeness (QED) is 0.222. The number of carbonyl (C=O) groups excluding carboxylic acids is 1. The second-order valence-corrected chi connectivity index (χ2v) is 10.2. The molecular weight excluding hydrogens is 456 g/mol. The largest absolute Gasteiger partial charge is 0.497 e. The number of ether oxygens (including phenoxy) is 2. The van der Waals surface area contributed by atoms with Crippen LogP contribution in [0.1, 0.15) is 72.8 Å². The second kappa shape index (κ2) is 15.1. The van der Waals surface area contributed by atoms with Crippen LogP contribution >= 0.6 is 0 Å². The SMILES string of the molecule is C=C=C(C)C1(Cc2ccc(C)cc2)CCC2(C=CCCCC2)C1.C=Cc1ccc(OC)cc1.COC=O.[HH].[HH].[HH]. The molecular formula is C34H50O3. The lowest BCUT2D eigenvalue weighted by Crippen LogP contribution is -2.24. The van der Waals surface area contributed by atoms with Crippen molar-refractivity contribution in [3.63, 3.8) is 0 Å². The van der Waals surface area contributed by atoms with Gasteiger partial charge >= 0.3 is 0 Å². The summed E-state index contributed by atoms with van der Waals surface area (Å²) in [6, 6.07) is 16.9. The number of aryl methyl sites for hydroxylation is 1. The van der Waals surface area contributed by atoms with E-state index in [1.807, 2.05) is 24.3 Å². The maximum Gasteiger partial charge on any atom is 0.292 e. The van der Waals surface area contributed by atoms with E-state index < -0.39 is 0 Å². The molecule has 2 aromatic rings. The van der Waals surface area contributed by atoms with Crippen molar-refractivity contribution in [2.45, 2.75) is 65.2 Å². The van der Waals surface area contributed by atoms with Gasteiger partial charge in [-0.1, -0.05) is 79.8 Å². The number of hydrogen-bond donors (Lipinski definition) is 0. The van der Waals surface area contributed by atoms with Crippen LogP contribution in [-0.4, -0.2) is 20.7 Å². The maximum absolute atomic E-state index is 8.95. The van der Waals surface area contributed by atoms with Crippen LogP contribution in [0.4, 0.5) is 0 Å². The molecule has 2 aliphatic rings. The van der Waals surface area contributed by atoms with E-state index in [-0.39, 0.29) is 9.69 Å². The minimum atomic E-state index is 0. The normalized spacial score (nSPS) is 21.7. The minimum Gasteiger partial charge on any atom is -0.497 e. The van der Waals surface area contributed by atoms with Crippen molar-refractivity contribution in [2.24, 2.45) is 10.8 Å². The Morgan fingerprint density at radius 2 is 1.73 bits per heavy atom. The molecule has 0 heterocycles. The van der Waals surface area contributed by atoms with Crippen molar-refractivity contribution in [3.8, 4) is 5.75 Å². The molecule has 37 heavy (non-hydrogen) atoms. The molecule has 2 aliphatic carbocycles. The summed E-state index contributed by atoms with van der Waals surface area (Å²) in [5, 5.41) is 0. The van der Waals surface area contributed by atoms with Crippen molar-refractivity contribution in [3.05, 3.63) is 102 Å². The smallest absolute Gasteiger partial charge is 0.292 e. The van der Waals surface area contributed by atoms with E-state index in [4.69, 9.17) is 9.53 Å². The van der Waals surface area contributed by atoms with Crippen molar-refractivity contribution in [2.75, 3.05) is 14.2 Å². The number of rotatable bonds is 6. The third-order valence-corrected chi connectivity index (χ3v) is 7.73. The zero-order valence-electron chi connectivity index (χ0n) is 23.2. The number of allylic oxidation sites excluding steroid dienone is 3. The van der Waals surface area contributed by atoms with Gasteiger partial charge in [0.25, 0.3) is 6.47 Å². The van der Waals surface area contributed by atoms with E-state index in [0.717, 1.165) is 17.7 Å². The van der Waals surface area contributed by atoms with Crippen LogP contribution in [0.25, 0.3) is 6.08 Å². The fourth-order valence-electron chi connectivity index (χ4n) is 5.48. The van der Waals surface area contributed by atoms with Gasteiger partial charge in [0.05, 0.1) is 14.2 Å². The highest BCUT2D eigenvalue weighted by molar-refractivity contribution is 5.48. The van der Waals surface area contributed by atoms with E-state index in [0.29, 0.717) is 11.9 Å². The predicted molar refractivity (Wildman–Crippen MR) is 162 cm³/mol. The highest BCUT2D eigenvalue weighted by Crippen LogP contribution is 2.57. The van der Waals surface area contributed by atoms with Gasteiger partial charge in [-0.25, -0.2) is 0 Å². The summed E-state index contributed by atoms with van der Waals surface area (Å²) in [5.41, 5.74) is 9.22. The zero-order valence-corrected chi connectivity index (χ0v) is 23.2. The van der Waals surface area contributed by atoms with E-state index >= 15 is 0 Å². The van der Waals surface area contributed by atoms with Crippen molar-refractivity contribution < 1.29 is 18.5 Å². The third kappa shape index (κ3) is 8.95. The van der Waals surface area contributed by atoms with Gasteiger partial charge in [0, 0.05) is 9.69 Å². The Kier molecular flexibility index (Phi) is 12.2. The lowest BCUT2D eigenvalue weighted by Gasteiger charge is -2.33. The first-order chi connectivity index (χ1) is 17.9. The number of carbonyl (C=O) groups is 1. The lowest BCUT2D eigenvalue weighted by molar-refractivity contribution is -0.126. The van der Waals surface area contributed by atoms with Crippen LogP contribution < -0.4 is 4.74 Å². The molecule has 1 fully saturated rings. The van der Waals surface area contributed by atoms with Crippen LogP contribution in [0.3, 0.4) is 0 Å². The molecule has 1 saturated carbocycles. The summed E-state index contributed by atoms with van der Waals surface area (Å²) in [7, 11) is 2.97. The first kappa shape index (κ1) is 29.9. The second-order valence-electron chi connectivity index (χ2n) is 10.2. The molecule has 204 valence electrons. The van der Waals surface area contributed by atoms with Gasteiger partial charge < -0.3 is 9.47 Å². The van der Waals surface area contributed by atoms with Crippen molar-refractivity contribution in [1.29, 1.82) is 0 Å². The molecule has 0 saturated heterocycles. The Labute approximate surface area is 229 Å². The van der Waals surface area contributed by atoms with Crippen LogP contribution in [0.5, 0.6) is 5.75 Å². The lowest BCUT2D eigenvalue weighted by atomic mass is 9.70. The summed E-state index contributed by atoms with van der Waals surface area (Å²) < 4.78 is 8.84. The average Bonchev–Trinajstić information content (AvgIpc) is 3.14. The average molecular weight is 507 g/mol. The van der Waals surface area contributed by atoms with Crippen LogP contribution in [-0.2, 0) is 16.0 Å². The Morgan fingerprint density at radius 3 is 2.30 bits per heavy atom. The molecule has 0 aromatic heterocycles. The first-order valence-electron chi connectivity index (χ1n) is 13.2. The Hall–Kier alpha value is -3.29. The van der Waals surface area contributed by atoms with Gasteiger partial charge in [-0.15, -0.1) is 5.73 Å². The van der Waals surface area contributed by atoms with E-state index in [2.05, 4.69) is 73.9 Å². The molecule has 0 bridgehead atoms. The highest BCUT2D eigenvalue weighted by atomic mass is 16.5. The molecule has 3 nitrogen and oxygen atoms in total. The number of hydrogen-bond acceptors (Lipinski definition) is 3. The zero-order chi connectivity index (χ0) is 27.2. The standard InChI is InChI=1S/C23H30.C9H10O.C2H4O2.3H2/c1-4-20(3)23(17-21-11-9-19(2)10-12-21)16-15-22(18-23)13-7-5-6-8-14-22;1-3-8-4-6-9(10-2)7-5-8;1-4-2-3;;;/h7,9-13H,1,5-6,8,14-18H2,2-3H3;3-7H,1H2,2H3;2H,1H3;3*1H. The summed E-state index contributed by atoms with van der Waals surface area (Å²) in [6.07, 6.45) is 17.2. The van der Waals surface area contributed by atoms with Gasteiger partial charge in [-0.3, -0.25) is 4.79 Å². The molecule has 2 unspecified atom stereocenters. The Bertz CT molecular complexity index is 1070. The number of methoxy groups -OCH3 is 2.